The Morgan fingerprint density at radius 3 is 2.65 bits per heavy atom. The first kappa shape index (κ1) is 13.2. The standard InChI is InChI=1S/C15H22N4O/c1-3-13(4-2)19-8-7-12(16-19)11-17-9-10-18(15(17)20)14-5-6-14/h7-10,13-14H,3-6,11H2,1-2H3. The highest BCUT2D eigenvalue weighted by atomic mass is 16.1. The van der Waals surface area contributed by atoms with Crippen molar-refractivity contribution in [3.63, 3.8) is 0 Å². The van der Waals surface area contributed by atoms with E-state index in [0.29, 0.717) is 18.6 Å². The SMILES string of the molecule is CCC(CC)n1ccc(Cn2ccn(C3CC3)c2=O)n1. The Labute approximate surface area is 118 Å². The van der Waals surface area contributed by atoms with Gasteiger partial charge in [-0.25, -0.2) is 4.79 Å². The second-order valence-corrected chi connectivity index (χ2v) is 5.60. The van der Waals surface area contributed by atoms with Gasteiger partial charge in [0.05, 0.1) is 18.3 Å². The first-order valence-electron chi connectivity index (χ1n) is 7.54. The Kier molecular flexibility index (Phi) is 3.51. The predicted octanol–water partition coefficient (Wildman–Crippen LogP) is 2.59. The normalized spacial score (nSPS) is 15.2. The number of hydrogen-bond acceptors (Lipinski definition) is 2. The fourth-order valence-corrected chi connectivity index (χ4v) is 2.68. The second-order valence-electron chi connectivity index (χ2n) is 5.60. The topological polar surface area (TPSA) is 44.8 Å². The summed E-state index contributed by atoms with van der Waals surface area (Å²) in [5, 5.41) is 4.61. The van der Waals surface area contributed by atoms with Gasteiger partial charge in [-0.2, -0.15) is 5.10 Å². The summed E-state index contributed by atoms with van der Waals surface area (Å²) in [6.07, 6.45) is 10.2. The molecule has 1 fully saturated rings. The molecule has 0 saturated heterocycles. The second kappa shape index (κ2) is 5.31. The van der Waals surface area contributed by atoms with Crippen LogP contribution in [-0.4, -0.2) is 18.9 Å². The average Bonchev–Trinajstić information content (AvgIpc) is 3.09. The van der Waals surface area contributed by atoms with Gasteiger partial charge in [0.1, 0.15) is 0 Å². The van der Waals surface area contributed by atoms with Gasteiger partial charge in [0.2, 0.25) is 0 Å². The van der Waals surface area contributed by atoms with E-state index in [1.54, 1.807) is 4.57 Å². The zero-order chi connectivity index (χ0) is 14.1. The molecule has 2 aromatic rings. The number of aromatic nitrogens is 4. The van der Waals surface area contributed by atoms with Crippen LogP contribution in [0.2, 0.25) is 0 Å². The van der Waals surface area contributed by atoms with Crippen molar-refractivity contribution < 1.29 is 0 Å². The lowest BCUT2D eigenvalue weighted by molar-refractivity contribution is 0.424. The Bertz CT molecular complexity index is 628. The molecule has 0 atom stereocenters. The molecule has 1 aliphatic rings. The van der Waals surface area contributed by atoms with Crippen LogP contribution in [0.1, 0.15) is 57.3 Å². The summed E-state index contributed by atoms with van der Waals surface area (Å²) in [4.78, 5) is 12.2. The van der Waals surface area contributed by atoms with Crippen LogP contribution in [0.25, 0.3) is 0 Å². The summed E-state index contributed by atoms with van der Waals surface area (Å²) in [5.74, 6) is 0. The number of hydrogen-bond donors (Lipinski definition) is 0. The first-order chi connectivity index (χ1) is 9.72. The largest absolute Gasteiger partial charge is 0.328 e. The zero-order valence-electron chi connectivity index (χ0n) is 12.2. The van der Waals surface area contributed by atoms with Crippen LogP contribution >= 0.6 is 0 Å². The maximum absolute atomic E-state index is 12.2. The third kappa shape index (κ3) is 2.44. The molecule has 20 heavy (non-hydrogen) atoms. The Morgan fingerprint density at radius 1 is 1.25 bits per heavy atom. The van der Waals surface area contributed by atoms with E-state index in [1.165, 1.54) is 0 Å². The lowest BCUT2D eigenvalue weighted by Gasteiger charge is -2.12. The maximum atomic E-state index is 12.2. The fourth-order valence-electron chi connectivity index (χ4n) is 2.68. The number of imidazole rings is 1. The smallest absolute Gasteiger partial charge is 0.296 e. The molecule has 0 aliphatic heterocycles. The summed E-state index contributed by atoms with van der Waals surface area (Å²) >= 11 is 0. The third-order valence-corrected chi connectivity index (χ3v) is 4.13. The predicted molar refractivity (Wildman–Crippen MR) is 77.9 cm³/mol. The summed E-state index contributed by atoms with van der Waals surface area (Å²) in [6, 6.07) is 2.90. The van der Waals surface area contributed by atoms with E-state index in [1.807, 2.05) is 33.9 Å². The Balaban J connectivity index is 1.76. The molecule has 2 heterocycles. The monoisotopic (exact) mass is 274 g/mol. The molecule has 1 aliphatic carbocycles. The van der Waals surface area contributed by atoms with E-state index in [-0.39, 0.29) is 5.69 Å². The zero-order valence-corrected chi connectivity index (χ0v) is 12.2. The molecule has 0 aromatic carbocycles. The van der Waals surface area contributed by atoms with Gasteiger partial charge in [-0.3, -0.25) is 13.8 Å². The molecule has 0 N–H and O–H groups in total. The van der Waals surface area contributed by atoms with Gasteiger partial charge < -0.3 is 0 Å². The minimum atomic E-state index is 0.0876. The molecule has 0 unspecified atom stereocenters. The van der Waals surface area contributed by atoms with Gasteiger partial charge in [-0.1, -0.05) is 13.8 Å². The van der Waals surface area contributed by atoms with Crippen molar-refractivity contribution in [3.05, 3.63) is 40.8 Å². The number of nitrogens with zero attached hydrogens (tertiary/aromatic N) is 4. The number of rotatable bonds is 6. The highest BCUT2D eigenvalue weighted by Crippen LogP contribution is 2.33. The van der Waals surface area contributed by atoms with Crippen molar-refractivity contribution in [3.8, 4) is 0 Å². The highest BCUT2D eigenvalue weighted by Gasteiger charge is 2.25. The van der Waals surface area contributed by atoms with Crippen LogP contribution < -0.4 is 5.69 Å². The third-order valence-electron chi connectivity index (χ3n) is 4.13. The lowest BCUT2D eigenvalue weighted by Crippen LogP contribution is -2.24. The van der Waals surface area contributed by atoms with Crippen LogP contribution in [0.4, 0.5) is 0 Å². The van der Waals surface area contributed by atoms with E-state index in [0.717, 1.165) is 31.4 Å². The highest BCUT2D eigenvalue weighted by molar-refractivity contribution is 5.02. The van der Waals surface area contributed by atoms with Gasteiger partial charge in [-0.15, -0.1) is 0 Å². The molecule has 2 aromatic heterocycles. The molecule has 5 heteroatoms. The van der Waals surface area contributed by atoms with Gasteiger partial charge in [0.15, 0.2) is 0 Å². The van der Waals surface area contributed by atoms with E-state index in [2.05, 4.69) is 18.9 Å². The molecule has 0 bridgehead atoms. The van der Waals surface area contributed by atoms with Gasteiger partial charge in [0, 0.05) is 24.6 Å². The van der Waals surface area contributed by atoms with Crippen LogP contribution in [-0.2, 0) is 6.54 Å². The Hall–Kier alpha value is -1.78. The quantitative estimate of drug-likeness (QED) is 0.812. The summed E-state index contributed by atoms with van der Waals surface area (Å²) in [7, 11) is 0. The summed E-state index contributed by atoms with van der Waals surface area (Å²) < 4.78 is 5.62. The molecular formula is C15H22N4O. The first-order valence-corrected chi connectivity index (χ1v) is 7.54. The van der Waals surface area contributed by atoms with Crippen molar-refractivity contribution in [2.75, 3.05) is 0 Å². The van der Waals surface area contributed by atoms with Crippen LogP contribution in [0, 0.1) is 0 Å². The van der Waals surface area contributed by atoms with Crippen LogP contribution in [0.15, 0.2) is 29.5 Å². The molecule has 0 radical (unpaired) electrons. The molecule has 108 valence electrons. The van der Waals surface area contributed by atoms with Crippen molar-refractivity contribution in [1.82, 2.24) is 18.9 Å². The fraction of sp³-hybridized carbons (Fsp3) is 0.600. The van der Waals surface area contributed by atoms with Crippen LogP contribution in [0.3, 0.4) is 0 Å². The molecule has 0 spiro atoms. The van der Waals surface area contributed by atoms with Gasteiger partial charge in [0.25, 0.3) is 0 Å². The van der Waals surface area contributed by atoms with Crippen molar-refractivity contribution in [2.24, 2.45) is 0 Å². The van der Waals surface area contributed by atoms with Crippen molar-refractivity contribution in [2.45, 2.75) is 58.2 Å². The Morgan fingerprint density at radius 2 is 2.00 bits per heavy atom. The molecule has 5 nitrogen and oxygen atoms in total. The maximum Gasteiger partial charge on any atom is 0.328 e. The average molecular weight is 274 g/mol. The molecule has 3 rings (SSSR count). The van der Waals surface area contributed by atoms with E-state index >= 15 is 0 Å². The minimum absolute atomic E-state index is 0.0876. The molecule has 0 amide bonds. The minimum Gasteiger partial charge on any atom is -0.296 e. The summed E-state index contributed by atoms with van der Waals surface area (Å²) in [5.41, 5.74) is 1.04. The van der Waals surface area contributed by atoms with Gasteiger partial charge in [-0.05, 0) is 31.7 Å². The van der Waals surface area contributed by atoms with Crippen LogP contribution in [0.5, 0.6) is 0 Å². The van der Waals surface area contributed by atoms with E-state index < -0.39 is 0 Å². The van der Waals surface area contributed by atoms with Crippen molar-refractivity contribution in [1.29, 1.82) is 0 Å². The van der Waals surface area contributed by atoms with Crippen molar-refractivity contribution >= 4 is 0 Å². The molecular weight excluding hydrogens is 252 g/mol. The van der Waals surface area contributed by atoms with Gasteiger partial charge >= 0.3 is 5.69 Å². The van der Waals surface area contributed by atoms with E-state index in [4.69, 9.17) is 0 Å². The molecule has 1 saturated carbocycles. The summed E-state index contributed by atoms with van der Waals surface area (Å²) in [6.45, 7) is 4.91. The van der Waals surface area contributed by atoms with E-state index in [9.17, 15) is 4.79 Å². The lowest BCUT2D eigenvalue weighted by atomic mass is 10.2.